The van der Waals surface area contributed by atoms with E-state index in [0.29, 0.717) is 5.92 Å². The summed E-state index contributed by atoms with van der Waals surface area (Å²) in [5, 5.41) is 9.06. The summed E-state index contributed by atoms with van der Waals surface area (Å²) in [5.74, 6) is 0.670. The lowest BCUT2D eigenvalue weighted by atomic mass is 9.97. The molecule has 1 atom stereocenters. The van der Waals surface area contributed by atoms with Crippen molar-refractivity contribution in [3.05, 3.63) is 24.4 Å². The highest BCUT2D eigenvalue weighted by atomic mass is 15.6. The van der Waals surface area contributed by atoms with Crippen LogP contribution in [0.15, 0.2) is 24.4 Å². The van der Waals surface area contributed by atoms with Crippen molar-refractivity contribution in [2.75, 3.05) is 32.7 Å². The van der Waals surface area contributed by atoms with Crippen molar-refractivity contribution in [2.45, 2.75) is 157 Å². The van der Waals surface area contributed by atoms with Crippen molar-refractivity contribution in [2.24, 2.45) is 5.92 Å². The Morgan fingerprint density at radius 1 is 0.595 bits per heavy atom. The molecule has 0 amide bonds. The van der Waals surface area contributed by atoms with E-state index in [1.807, 2.05) is 0 Å². The Balaban J connectivity index is 4.85. The minimum absolute atomic E-state index is 0.670. The summed E-state index contributed by atoms with van der Waals surface area (Å²) in [6.07, 6.45) is 25.4. The summed E-state index contributed by atoms with van der Waals surface area (Å²) in [5.41, 5.74) is 2.54. The molecule has 0 radical (unpaired) electrons. The number of nitrogens with zero attached hydrogens (tertiary/aromatic N) is 2. The first kappa shape index (κ1) is 36.2. The molecule has 0 saturated heterocycles. The van der Waals surface area contributed by atoms with Gasteiger partial charge in [0.2, 0.25) is 0 Å². The highest BCUT2D eigenvalue weighted by Gasteiger charge is 2.15. The van der Waals surface area contributed by atoms with Crippen LogP contribution in [0.1, 0.15) is 157 Å². The smallest absolute Gasteiger partial charge is 0.0306 e. The summed E-state index contributed by atoms with van der Waals surface area (Å²) in [6.45, 7) is 25.5. The van der Waals surface area contributed by atoms with E-state index in [0.717, 1.165) is 19.5 Å². The number of nitrogens with one attached hydrogen (secondary N) is 1. The van der Waals surface area contributed by atoms with Gasteiger partial charge in [0.1, 0.15) is 0 Å². The first-order chi connectivity index (χ1) is 18.0. The van der Waals surface area contributed by atoms with E-state index in [2.05, 4.69) is 63.1 Å². The molecule has 0 aliphatic rings. The molecular weight excluding hydrogens is 450 g/mol. The molecule has 0 spiro atoms. The summed E-state index contributed by atoms with van der Waals surface area (Å²) < 4.78 is 0. The summed E-state index contributed by atoms with van der Waals surface area (Å²) in [6, 6.07) is 0. The van der Waals surface area contributed by atoms with Crippen molar-refractivity contribution in [3.8, 4) is 0 Å². The second-order valence-corrected chi connectivity index (χ2v) is 11.7. The zero-order chi connectivity index (χ0) is 27.6. The molecule has 0 heterocycles. The third-order valence-electron chi connectivity index (χ3n) is 7.88. The molecule has 1 unspecified atom stereocenters. The zero-order valence-electron chi connectivity index (χ0n) is 26.4. The first-order valence-electron chi connectivity index (χ1n) is 16.5. The molecule has 0 aromatic carbocycles. The maximum Gasteiger partial charge on any atom is 0.0306 e. The third kappa shape index (κ3) is 22.9. The fraction of sp³-hybridized carbons (Fsp3) is 0.882. The molecule has 0 saturated carbocycles. The molecule has 0 aromatic rings. The molecule has 0 rings (SSSR count). The molecule has 1 N–H and O–H groups in total. The highest BCUT2D eigenvalue weighted by Crippen LogP contribution is 2.17. The lowest BCUT2D eigenvalue weighted by Gasteiger charge is -2.36. The number of hydrogen-bond donors (Lipinski definition) is 1. The average Bonchev–Trinajstić information content (AvgIpc) is 2.87. The molecular formula is C34H69N3. The Morgan fingerprint density at radius 3 is 1.49 bits per heavy atom. The number of allylic oxidation sites excluding steroid dienone is 2. The predicted molar refractivity (Wildman–Crippen MR) is 169 cm³/mol. The van der Waals surface area contributed by atoms with Crippen LogP contribution in [0.25, 0.3) is 0 Å². The van der Waals surface area contributed by atoms with Gasteiger partial charge in [-0.2, -0.15) is 0 Å². The van der Waals surface area contributed by atoms with Crippen molar-refractivity contribution < 1.29 is 0 Å². The molecule has 220 valence electrons. The molecule has 0 aliphatic heterocycles. The number of rotatable bonds is 29. The molecule has 0 aliphatic carbocycles. The topological polar surface area (TPSA) is 18.5 Å². The largest absolute Gasteiger partial charge is 0.387 e. The van der Waals surface area contributed by atoms with Crippen molar-refractivity contribution in [1.82, 2.24) is 15.3 Å². The van der Waals surface area contributed by atoms with Crippen molar-refractivity contribution in [1.29, 1.82) is 0 Å². The maximum atomic E-state index is 4.23. The van der Waals surface area contributed by atoms with Crippen LogP contribution in [0, 0.1) is 5.92 Å². The monoisotopic (exact) mass is 520 g/mol. The van der Waals surface area contributed by atoms with Crippen LogP contribution in [-0.2, 0) is 0 Å². The van der Waals surface area contributed by atoms with Crippen LogP contribution in [0.2, 0.25) is 0 Å². The lowest BCUT2D eigenvalue weighted by molar-refractivity contribution is -0.0281. The molecule has 37 heavy (non-hydrogen) atoms. The fourth-order valence-electron chi connectivity index (χ4n) is 5.04. The summed E-state index contributed by atoms with van der Waals surface area (Å²) in [7, 11) is 0. The maximum absolute atomic E-state index is 4.23. The van der Waals surface area contributed by atoms with E-state index >= 15 is 0 Å². The summed E-state index contributed by atoms with van der Waals surface area (Å²) >= 11 is 0. The second-order valence-electron chi connectivity index (χ2n) is 11.7. The third-order valence-corrected chi connectivity index (χ3v) is 7.88. The van der Waals surface area contributed by atoms with E-state index in [9.17, 15) is 0 Å². The molecule has 3 nitrogen and oxygen atoms in total. The normalized spacial score (nSPS) is 12.4. The van der Waals surface area contributed by atoms with Gasteiger partial charge in [0, 0.05) is 38.4 Å². The lowest BCUT2D eigenvalue weighted by Crippen LogP contribution is -2.47. The zero-order valence-corrected chi connectivity index (χ0v) is 26.4. The van der Waals surface area contributed by atoms with Gasteiger partial charge in [-0.1, -0.05) is 136 Å². The van der Waals surface area contributed by atoms with Gasteiger partial charge in [-0.3, -0.25) is 0 Å². The van der Waals surface area contributed by atoms with Gasteiger partial charge in [-0.15, -0.1) is 0 Å². The Morgan fingerprint density at radius 2 is 1.03 bits per heavy atom. The Hall–Kier alpha value is -0.800. The Bertz CT molecular complexity index is 499. The van der Waals surface area contributed by atoms with Crippen LogP contribution in [0.5, 0.6) is 0 Å². The predicted octanol–water partition coefficient (Wildman–Crippen LogP) is 10.3. The van der Waals surface area contributed by atoms with E-state index in [4.69, 9.17) is 0 Å². The molecule has 0 aromatic heterocycles. The van der Waals surface area contributed by atoms with Gasteiger partial charge >= 0.3 is 0 Å². The average molecular weight is 520 g/mol. The SMILES string of the molecule is C=C(CCC)NCCN(CCCCCCC(C)C(=C)C)N(CCCCCCCC)CCCCCCCC. The quantitative estimate of drug-likeness (QED) is 0.0602. The summed E-state index contributed by atoms with van der Waals surface area (Å²) in [4.78, 5) is 0. The van der Waals surface area contributed by atoms with Gasteiger partial charge in [0.25, 0.3) is 0 Å². The van der Waals surface area contributed by atoms with Crippen LogP contribution in [-0.4, -0.2) is 42.7 Å². The molecule has 3 heteroatoms. The number of unbranched alkanes of at least 4 members (excludes halogenated alkanes) is 13. The van der Waals surface area contributed by atoms with Gasteiger partial charge in [-0.05, 0) is 44.9 Å². The fourth-order valence-corrected chi connectivity index (χ4v) is 5.04. The van der Waals surface area contributed by atoms with E-state index in [1.165, 1.54) is 146 Å². The van der Waals surface area contributed by atoms with E-state index < -0.39 is 0 Å². The first-order valence-corrected chi connectivity index (χ1v) is 16.5. The minimum Gasteiger partial charge on any atom is -0.387 e. The second kappa shape index (κ2) is 26.8. The van der Waals surface area contributed by atoms with Gasteiger partial charge in [0.15, 0.2) is 0 Å². The van der Waals surface area contributed by atoms with E-state index in [-0.39, 0.29) is 0 Å². The minimum atomic E-state index is 0.670. The van der Waals surface area contributed by atoms with E-state index in [1.54, 1.807) is 0 Å². The molecule has 0 bridgehead atoms. The highest BCUT2D eigenvalue weighted by molar-refractivity contribution is 4.93. The van der Waals surface area contributed by atoms with Crippen LogP contribution >= 0.6 is 0 Å². The number of hydrogen-bond acceptors (Lipinski definition) is 3. The molecule has 0 fully saturated rings. The van der Waals surface area contributed by atoms with Crippen molar-refractivity contribution >= 4 is 0 Å². The standard InChI is InChI=1S/C34H69N3/c1-8-11-13-15-18-22-28-36(29-23-19-16-14-12-9-2)37(31-27-35-34(7)25-10-3)30-24-20-17-21-26-33(6)32(4)5/h33,35H,4,7-31H2,1-3,5-6H3. The van der Waals surface area contributed by atoms with Crippen LogP contribution in [0.4, 0.5) is 0 Å². The van der Waals surface area contributed by atoms with Crippen LogP contribution in [0.3, 0.4) is 0 Å². The Labute approximate surface area is 234 Å². The van der Waals surface area contributed by atoms with Crippen LogP contribution < -0.4 is 5.32 Å². The van der Waals surface area contributed by atoms with Gasteiger partial charge in [-0.25, -0.2) is 10.0 Å². The van der Waals surface area contributed by atoms with Crippen molar-refractivity contribution in [3.63, 3.8) is 0 Å². The van der Waals surface area contributed by atoms with Gasteiger partial charge in [0.05, 0.1) is 0 Å². The number of hydrazine groups is 1. The van der Waals surface area contributed by atoms with Gasteiger partial charge < -0.3 is 5.32 Å². The Kier molecular flexibility index (Phi) is 26.2.